The molecule has 0 aliphatic rings. The number of benzene rings is 1. The maximum atomic E-state index is 5.31. The molecule has 0 radical (unpaired) electrons. The van der Waals surface area contributed by atoms with E-state index in [1.807, 2.05) is 0 Å². The zero-order valence-corrected chi connectivity index (χ0v) is 12.7. The monoisotopic (exact) mass is 264 g/mol. The van der Waals surface area contributed by atoms with Crippen molar-refractivity contribution in [3.8, 4) is 0 Å². The van der Waals surface area contributed by atoms with Crippen molar-refractivity contribution in [2.45, 2.75) is 32.9 Å². The van der Waals surface area contributed by atoms with Crippen LogP contribution in [0, 0.1) is 0 Å². The highest BCUT2D eigenvalue weighted by atomic mass is 16.5. The van der Waals surface area contributed by atoms with Crippen molar-refractivity contribution in [3.63, 3.8) is 0 Å². The lowest BCUT2D eigenvalue weighted by Crippen LogP contribution is -2.43. The minimum Gasteiger partial charge on any atom is -0.383 e. The van der Waals surface area contributed by atoms with Crippen LogP contribution >= 0.6 is 0 Å². The van der Waals surface area contributed by atoms with Gasteiger partial charge >= 0.3 is 0 Å². The van der Waals surface area contributed by atoms with Crippen molar-refractivity contribution in [3.05, 3.63) is 35.9 Å². The van der Waals surface area contributed by atoms with Crippen LogP contribution in [0.4, 0.5) is 0 Å². The lowest BCUT2D eigenvalue weighted by atomic mass is 10.0. The second kappa shape index (κ2) is 9.08. The number of nitrogens with one attached hydrogen (secondary N) is 1. The van der Waals surface area contributed by atoms with Gasteiger partial charge in [0.05, 0.1) is 6.61 Å². The molecule has 1 aromatic rings. The topological polar surface area (TPSA) is 24.5 Å². The average Bonchev–Trinajstić information content (AvgIpc) is 2.44. The number of methoxy groups -OCH3 is 1. The summed E-state index contributed by atoms with van der Waals surface area (Å²) < 4.78 is 5.31. The van der Waals surface area contributed by atoms with Gasteiger partial charge in [-0.05, 0) is 25.6 Å². The van der Waals surface area contributed by atoms with E-state index in [9.17, 15) is 0 Å². The molecule has 1 N–H and O–H groups in total. The molecule has 0 amide bonds. The Morgan fingerprint density at radius 2 is 1.89 bits per heavy atom. The highest BCUT2D eigenvalue weighted by molar-refractivity contribution is 5.19. The lowest BCUT2D eigenvalue weighted by Gasteiger charge is -2.36. The van der Waals surface area contributed by atoms with Crippen LogP contribution in [-0.4, -0.2) is 44.3 Å². The highest BCUT2D eigenvalue weighted by Gasteiger charge is 2.23. The van der Waals surface area contributed by atoms with Crippen LogP contribution < -0.4 is 5.32 Å². The highest BCUT2D eigenvalue weighted by Crippen LogP contribution is 2.22. The summed E-state index contributed by atoms with van der Waals surface area (Å²) >= 11 is 0. The third kappa shape index (κ3) is 4.94. The summed E-state index contributed by atoms with van der Waals surface area (Å²) in [6, 6.07) is 11.5. The molecule has 108 valence electrons. The summed E-state index contributed by atoms with van der Waals surface area (Å²) in [5, 5.41) is 3.48. The second-order valence-corrected chi connectivity index (χ2v) is 4.87. The molecule has 0 fully saturated rings. The van der Waals surface area contributed by atoms with Gasteiger partial charge in [-0.2, -0.15) is 0 Å². The van der Waals surface area contributed by atoms with Crippen LogP contribution in [0.25, 0.3) is 0 Å². The predicted octanol–water partition coefficient (Wildman–Crippen LogP) is 2.69. The first-order chi connectivity index (χ1) is 9.24. The van der Waals surface area contributed by atoms with E-state index in [0.717, 1.165) is 26.2 Å². The maximum absolute atomic E-state index is 5.31. The summed E-state index contributed by atoms with van der Waals surface area (Å²) in [6.45, 7) is 10.4. The zero-order chi connectivity index (χ0) is 14.1. The first-order valence-electron chi connectivity index (χ1n) is 7.24. The van der Waals surface area contributed by atoms with E-state index in [0.29, 0.717) is 12.1 Å². The summed E-state index contributed by atoms with van der Waals surface area (Å²) in [5.41, 5.74) is 1.37. The Morgan fingerprint density at radius 3 is 2.42 bits per heavy atom. The Morgan fingerprint density at radius 1 is 1.21 bits per heavy atom. The Hall–Kier alpha value is -0.900. The number of hydrogen-bond acceptors (Lipinski definition) is 3. The SMILES string of the molecule is CCNCC(c1ccccc1)N(CC)C(C)COC. The largest absolute Gasteiger partial charge is 0.383 e. The average molecular weight is 264 g/mol. The molecule has 1 aromatic carbocycles. The van der Waals surface area contributed by atoms with E-state index in [1.54, 1.807) is 7.11 Å². The number of likely N-dealkylation sites (N-methyl/N-ethyl adjacent to an activating group) is 2. The number of ether oxygens (including phenoxy) is 1. The van der Waals surface area contributed by atoms with Gasteiger partial charge in [-0.3, -0.25) is 4.90 Å². The van der Waals surface area contributed by atoms with Crippen molar-refractivity contribution in [1.82, 2.24) is 10.2 Å². The molecule has 19 heavy (non-hydrogen) atoms. The fourth-order valence-corrected chi connectivity index (χ4v) is 2.56. The van der Waals surface area contributed by atoms with E-state index in [1.165, 1.54) is 5.56 Å². The number of hydrogen-bond donors (Lipinski definition) is 1. The number of rotatable bonds is 9. The van der Waals surface area contributed by atoms with Gasteiger partial charge in [0, 0.05) is 25.7 Å². The Kier molecular flexibility index (Phi) is 7.72. The third-order valence-electron chi connectivity index (χ3n) is 3.51. The van der Waals surface area contributed by atoms with Gasteiger partial charge in [0.1, 0.15) is 0 Å². The van der Waals surface area contributed by atoms with Gasteiger partial charge in [0.15, 0.2) is 0 Å². The van der Waals surface area contributed by atoms with E-state index in [4.69, 9.17) is 4.74 Å². The normalized spacial score (nSPS) is 14.6. The summed E-state index contributed by atoms with van der Waals surface area (Å²) in [5.74, 6) is 0. The first kappa shape index (κ1) is 16.2. The van der Waals surface area contributed by atoms with Gasteiger partial charge < -0.3 is 10.1 Å². The van der Waals surface area contributed by atoms with Crippen LogP contribution in [0.5, 0.6) is 0 Å². The molecule has 0 aromatic heterocycles. The molecule has 3 nitrogen and oxygen atoms in total. The van der Waals surface area contributed by atoms with Crippen LogP contribution in [-0.2, 0) is 4.74 Å². The lowest BCUT2D eigenvalue weighted by molar-refractivity contribution is 0.0725. The molecule has 3 heteroatoms. The van der Waals surface area contributed by atoms with Gasteiger partial charge in [0.25, 0.3) is 0 Å². The molecule has 0 aliphatic heterocycles. The maximum Gasteiger partial charge on any atom is 0.0615 e. The number of nitrogens with zero attached hydrogens (tertiary/aromatic N) is 1. The van der Waals surface area contributed by atoms with E-state index >= 15 is 0 Å². The Labute approximate surface area is 118 Å². The second-order valence-electron chi connectivity index (χ2n) is 4.87. The molecule has 2 atom stereocenters. The van der Waals surface area contributed by atoms with Gasteiger partial charge in [-0.1, -0.05) is 44.2 Å². The fraction of sp³-hybridized carbons (Fsp3) is 0.625. The van der Waals surface area contributed by atoms with E-state index in [-0.39, 0.29) is 0 Å². The van der Waals surface area contributed by atoms with Crippen LogP contribution in [0.2, 0.25) is 0 Å². The molecular weight excluding hydrogens is 236 g/mol. The van der Waals surface area contributed by atoms with Crippen LogP contribution in [0.15, 0.2) is 30.3 Å². The predicted molar refractivity (Wildman–Crippen MR) is 81.4 cm³/mol. The molecule has 0 saturated heterocycles. The van der Waals surface area contributed by atoms with Gasteiger partial charge in [0.2, 0.25) is 0 Å². The minimum atomic E-state index is 0.399. The molecular formula is C16H28N2O. The zero-order valence-electron chi connectivity index (χ0n) is 12.7. The molecule has 1 rings (SSSR count). The summed E-state index contributed by atoms with van der Waals surface area (Å²) in [6.07, 6.45) is 0. The molecule has 0 saturated carbocycles. The van der Waals surface area contributed by atoms with Crippen molar-refractivity contribution in [2.75, 3.05) is 33.4 Å². The molecule has 2 unspecified atom stereocenters. The molecule has 0 aliphatic carbocycles. The van der Waals surface area contributed by atoms with E-state index < -0.39 is 0 Å². The Bertz CT molecular complexity index is 329. The Balaban J connectivity index is 2.87. The summed E-state index contributed by atoms with van der Waals surface area (Å²) in [7, 11) is 1.77. The third-order valence-corrected chi connectivity index (χ3v) is 3.51. The summed E-state index contributed by atoms with van der Waals surface area (Å²) in [4.78, 5) is 2.50. The van der Waals surface area contributed by atoms with Crippen LogP contribution in [0.1, 0.15) is 32.4 Å². The molecule has 0 bridgehead atoms. The van der Waals surface area contributed by atoms with Gasteiger partial charge in [-0.15, -0.1) is 0 Å². The fourth-order valence-electron chi connectivity index (χ4n) is 2.56. The van der Waals surface area contributed by atoms with Crippen molar-refractivity contribution >= 4 is 0 Å². The molecule has 0 heterocycles. The van der Waals surface area contributed by atoms with Crippen LogP contribution in [0.3, 0.4) is 0 Å². The smallest absolute Gasteiger partial charge is 0.0615 e. The van der Waals surface area contributed by atoms with Crippen molar-refractivity contribution < 1.29 is 4.74 Å². The first-order valence-corrected chi connectivity index (χ1v) is 7.24. The minimum absolute atomic E-state index is 0.399. The van der Waals surface area contributed by atoms with Crippen molar-refractivity contribution in [1.29, 1.82) is 0 Å². The molecule has 0 spiro atoms. The van der Waals surface area contributed by atoms with Gasteiger partial charge in [-0.25, -0.2) is 0 Å². The van der Waals surface area contributed by atoms with E-state index in [2.05, 4.69) is 61.3 Å². The quantitative estimate of drug-likeness (QED) is 0.742. The standard InChI is InChI=1S/C16H28N2O/c1-5-17-12-16(15-10-8-7-9-11-15)18(6-2)14(3)13-19-4/h7-11,14,16-17H,5-6,12-13H2,1-4H3. The van der Waals surface area contributed by atoms with Crippen molar-refractivity contribution in [2.24, 2.45) is 0 Å².